The second-order valence-corrected chi connectivity index (χ2v) is 5.74. The number of hydrogen-bond donors (Lipinski definition) is 1. The van der Waals surface area contributed by atoms with Gasteiger partial charge in [-0.2, -0.15) is 0 Å². The molecule has 0 radical (unpaired) electrons. The Hall–Kier alpha value is -1.43. The summed E-state index contributed by atoms with van der Waals surface area (Å²) in [5.41, 5.74) is 0.958. The van der Waals surface area contributed by atoms with E-state index in [4.69, 9.17) is 4.74 Å². The van der Waals surface area contributed by atoms with Gasteiger partial charge in [0.05, 0.1) is 12.7 Å². The minimum Gasteiger partial charge on any atom is -0.464 e. The average Bonchev–Trinajstić information content (AvgIpc) is 2.95. The summed E-state index contributed by atoms with van der Waals surface area (Å²) in [5, 5.41) is 10.3. The number of carbonyl (C=O) groups excluding carboxylic acids is 1. The Morgan fingerprint density at radius 2 is 1.90 bits per heavy atom. The number of esters is 1. The van der Waals surface area contributed by atoms with Gasteiger partial charge in [-0.3, -0.25) is 14.6 Å². The van der Waals surface area contributed by atoms with Crippen LogP contribution in [0, 0.1) is 0 Å². The molecule has 2 atom stereocenters. The van der Waals surface area contributed by atoms with Crippen molar-refractivity contribution in [3.8, 4) is 0 Å². The normalized spacial score (nSPS) is 25.8. The van der Waals surface area contributed by atoms with Crippen LogP contribution in [0.1, 0.15) is 18.1 Å². The molecule has 0 bridgehead atoms. The van der Waals surface area contributed by atoms with Gasteiger partial charge >= 0.3 is 5.97 Å². The van der Waals surface area contributed by atoms with Crippen molar-refractivity contribution in [1.29, 1.82) is 0 Å². The summed E-state index contributed by atoms with van der Waals surface area (Å²) in [6.07, 6.45) is 0.361. The smallest absolute Gasteiger partial charge is 0.323 e. The number of aliphatic hydroxyl groups is 1. The Morgan fingerprint density at radius 3 is 2.52 bits per heavy atom. The molecule has 5 nitrogen and oxygen atoms in total. The maximum Gasteiger partial charge on any atom is 0.323 e. The lowest BCUT2D eigenvalue weighted by atomic mass is 10.1. The molecule has 1 N–H and O–H groups in total. The monoisotopic (exact) mass is 290 g/mol. The second kappa shape index (κ2) is 6.56. The van der Waals surface area contributed by atoms with E-state index in [0.29, 0.717) is 13.2 Å². The molecule has 1 aromatic rings. The molecule has 0 spiro atoms. The summed E-state index contributed by atoms with van der Waals surface area (Å²) >= 11 is 0. The van der Waals surface area contributed by atoms with Crippen molar-refractivity contribution in [2.24, 2.45) is 0 Å². The van der Waals surface area contributed by atoms with Crippen molar-refractivity contribution >= 4 is 5.97 Å². The number of benzene rings is 1. The number of aliphatic hydroxyl groups excluding tert-OH is 1. The lowest BCUT2D eigenvalue weighted by Gasteiger charge is -2.37. The van der Waals surface area contributed by atoms with E-state index in [-0.39, 0.29) is 12.0 Å². The maximum absolute atomic E-state index is 11.6. The van der Waals surface area contributed by atoms with Gasteiger partial charge in [0.2, 0.25) is 0 Å². The van der Waals surface area contributed by atoms with Crippen LogP contribution in [0.25, 0.3) is 0 Å². The van der Waals surface area contributed by atoms with Crippen molar-refractivity contribution in [1.82, 2.24) is 9.80 Å². The van der Waals surface area contributed by atoms with Crippen LogP contribution >= 0.6 is 0 Å². The Balaban J connectivity index is 1.48. The molecule has 21 heavy (non-hydrogen) atoms. The molecule has 2 saturated heterocycles. The summed E-state index contributed by atoms with van der Waals surface area (Å²) in [4.78, 5) is 16.1. The maximum atomic E-state index is 11.6. The molecule has 2 aliphatic heterocycles. The average molecular weight is 290 g/mol. The number of piperazine rings is 1. The molecule has 1 aromatic carbocycles. The molecular weight excluding hydrogens is 268 g/mol. The zero-order chi connectivity index (χ0) is 14.7. The van der Waals surface area contributed by atoms with Crippen LogP contribution in [0.2, 0.25) is 0 Å². The van der Waals surface area contributed by atoms with Gasteiger partial charge in [-0.25, -0.2) is 0 Å². The summed E-state index contributed by atoms with van der Waals surface area (Å²) < 4.78 is 5.03. The fourth-order valence-electron chi connectivity index (χ4n) is 3.10. The second-order valence-electron chi connectivity index (χ2n) is 5.74. The Bertz CT molecular complexity index is 472. The lowest BCUT2D eigenvalue weighted by Crippen LogP contribution is -2.52. The van der Waals surface area contributed by atoms with E-state index in [1.165, 1.54) is 0 Å². The summed E-state index contributed by atoms with van der Waals surface area (Å²) in [6, 6.07) is 9.71. The third-order valence-corrected chi connectivity index (χ3v) is 4.37. The molecule has 0 saturated carbocycles. The van der Waals surface area contributed by atoms with Gasteiger partial charge in [0.1, 0.15) is 6.04 Å². The molecule has 0 amide bonds. The molecular formula is C16H22N2O3. The van der Waals surface area contributed by atoms with Crippen LogP contribution < -0.4 is 0 Å². The number of nitrogens with zero attached hydrogens (tertiary/aromatic N) is 2. The topological polar surface area (TPSA) is 53.0 Å². The Morgan fingerprint density at radius 1 is 1.19 bits per heavy atom. The molecule has 3 rings (SSSR count). The number of β-amino-alcohol motifs (C(OH)–C–C–N with tert-alkyl or cyclic N) is 1. The van der Waals surface area contributed by atoms with E-state index in [1.54, 1.807) is 0 Å². The van der Waals surface area contributed by atoms with E-state index < -0.39 is 6.10 Å². The molecule has 2 aliphatic rings. The molecule has 2 fully saturated rings. The van der Waals surface area contributed by atoms with Crippen molar-refractivity contribution in [2.45, 2.75) is 18.6 Å². The number of rotatable bonds is 4. The zero-order valence-corrected chi connectivity index (χ0v) is 12.1. The number of cyclic esters (lactones) is 1. The predicted octanol–water partition coefficient (Wildman–Crippen LogP) is 0.653. The van der Waals surface area contributed by atoms with E-state index in [9.17, 15) is 9.90 Å². The highest BCUT2D eigenvalue weighted by Gasteiger charge is 2.34. The highest BCUT2D eigenvalue weighted by molar-refractivity contribution is 5.77. The number of carbonyl (C=O) groups is 1. The Labute approximate surface area is 125 Å². The van der Waals surface area contributed by atoms with Crippen LogP contribution in [0.15, 0.2) is 30.3 Å². The van der Waals surface area contributed by atoms with Gasteiger partial charge < -0.3 is 9.84 Å². The summed E-state index contributed by atoms with van der Waals surface area (Å²) in [7, 11) is 0. The third-order valence-electron chi connectivity index (χ3n) is 4.37. The molecule has 0 aliphatic carbocycles. The minimum atomic E-state index is -0.450. The van der Waals surface area contributed by atoms with Crippen LogP contribution in [-0.2, 0) is 9.53 Å². The third kappa shape index (κ3) is 3.43. The van der Waals surface area contributed by atoms with Gasteiger partial charge in [-0.15, -0.1) is 0 Å². The fraction of sp³-hybridized carbons (Fsp3) is 0.562. The fourth-order valence-corrected chi connectivity index (χ4v) is 3.10. The van der Waals surface area contributed by atoms with Gasteiger partial charge in [0.15, 0.2) is 0 Å². The van der Waals surface area contributed by atoms with Gasteiger partial charge in [0.25, 0.3) is 0 Å². The summed E-state index contributed by atoms with van der Waals surface area (Å²) in [6.45, 7) is 4.69. The SMILES string of the molecule is O=C1OCC[C@@H]1N1CCN(C[C@H](O)c2ccccc2)CC1. The molecule has 0 unspecified atom stereocenters. The highest BCUT2D eigenvalue weighted by atomic mass is 16.5. The van der Waals surface area contributed by atoms with Gasteiger partial charge in [-0.05, 0) is 5.56 Å². The van der Waals surface area contributed by atoms with Crippen LogP contribution in [0.3, 0.4) is 0 Å². The molecule has 2 heterocycles. The summed E-state index contributed by atoms with van der Waals surface area (Å²) in [5.74, 6) is -0.0761. The predicted molar refractivity (Wildman–Crippen MR) is 78.8 cm³/mol. The largest absolute Gasteiger partial charge is 0.464 e. The van der Waals surface area contributed by atoms with E-state index in [2.05, 4.69) is 9.80 Å². The van der Waals surface area contributed by atoms with Crippen molar-refractivity contribution in [3.05, 3.63) is 35.9 Å². The van der Waals surface area contributed by atoms with Crippen LogP contribution in [0.5, 0.6) is 0 Å². The highest BCUT2D eigenvalue weighted by Crippen LogP contribution is 2.18. The van der Waals surface area contributed by atoms with E-state index in [0.717, 1.165) is 38.2 Å². The first kappa shape index (κ1) is 14.5. The Kier molecular flexibility index (Phi) is 4.53. The van der Waals surface area contributed by atoms with Crippen LogP contribution in [0.4, 0.5) is 0 Å². The van der Waals surface area contributed by atoms with Gasteiger partial charge in [-0.1, -0.05) is 30.3 Å². The molecule has 0 aromatic heterocycles. The first-order valence-corrected chi connectivity index (χ1v) is 7.60. The van der Waals surface area contributed by atoms with Crippen molar-refractivity contribution in [3.63, 3.8) is 0 Å². The van der Waals surface area contributed by atoms with E-state index in [1.807, 2.05) is 30.3 Å². The number of ether oxygens (including phenoxy) is 1. The van der Waals surface area contributed by atoms with E-state index >= 15 is 0 Å². The minimum absolute atomic E-state index is 0.0498. The van der Waals surface area contributed by atoms with Crippen molar-refractivity contribution in [2.75, 3.05) is 39.3 Å². The number of hydrogen-bond acceptors (Lipinski definition) is 5. The standard InChI is InChI=1S/C16H22N2O3/c19-15(13-4-2-1-3-5-13)12-17-7-9-18(10-8-17)14-6-11-21-16(14)20/h1-5,14-15,19H,6-12H2/t14-,15-/m0/s1. The zero-order valence-electron chi connectivity index (χ0n) is 12.1. The van der Waals surface area contributed by atoms with Gasteiger partial charge in [0, 0.05) is 39.1 Å². The molecule has 114 valence electrons. The quantitative estimate of drug-likeness (QED) is 0.825. The van der Waals surface area contributed by atoms with Crippen molar-refractivity contribution < 1.29 is 14.6 Å². The first-order chi connectivity index (χ1) is 10.2. The molecule has 5 heteroatoms. The first-order valence-electron chi connectivity index (χ1n) is 7.60. The van der Waals surface area contributed by atoms with Crippen LogP contribution in [-0.4, -0.2) is 66.2 Å². The lowest BCUT2D eigenvalue weighted by molar-refractivity contribution is -0.142.